The number of Topliss-reactive ketones (excluding diaryl/α,β-unsaturated/α-hetero) is 1. The van der Waals surface area contributed by atoms with Crippen molar-refractivity contribution in [2.45, 2.75) is 115 Å². The van der Waals surface area contributed by atoms with Crippen molar-refractivity contribution in [2.24, 2.45) is 44.9 Å². The van der Waals surface area contributed by atoms with Crippen molar-refractivity contribution in [3.05, 3.63) is 11.8 Å². The molecular weight excluding hydrogens is 765 g/mol. The van der Waals surface area contributed by atoms with Crippen molar-refractivity contribution in [3.8, 4) is 0 Å². The first-order valence-electron chi connectivity index (χ1n) is 18.9. The number of carbonyl (C=O) groups is 8. The monoisotopic (exact) mass is 822 g/mol. The predicted octanol–water partition coefficient (Wildman–Crippen LogP) is -1.49. The van der Waals surface area contributed by atoms with Crippen molar-refractivity contribution in [3.63, 3.8) is 0 Å². The number of guanidine groups is 1. The number of nitrogens with zero attached hydrogens (tertiary/aromatic N) is 2. The molecule has 8 unspecified atom stereocenters. The number of ketones is 1. The lowest BCUT2D eigenvalue weighted by atomic mass is 9.87. The van der Waals surface area contributed by atoms with Crippen LogP contribution in [0.3, 0.4) is 0 Å². The summed E-state index contributed by atoms with van der Waals surface area (Å²) in [5.74, 6) is -8.82. The van der Waals surface area contributed by atoms with Crippen LogP contribution in [0.2, 0.25) is 0 Å². The first kappa shape index (κ1) is 48.1. The first-order valence-corrected chi connectivity index (χ1v) is 20.1. The molecular formula is C36H58N10O10S. The second-order valence-corrected chi connectivity index (χ2v) is 15.6. The Balaban J connectivity index is 2.38. The molecule has 0 saturated carbocycles. The molecule has 1 fully saturated rings. The number of carboxylic acid groups (broad SMARTS) is 2. The van der Waals surface area contributed by atoms with Gasteiger partial charge in [0.1, 0.15) is 24.2 Å². The minimum atomic E-state index is -1.45. The molecule has 2 aliphatic heterocycles. The van der Waals surface area contributed by atoms with E-state index in [1.807, 2.05) is 6.92 Å². The zero-order valence-corrected chi connectivity index (χ0v) is 33.6. The standard InChI is InChI=1S/C36H58N10O10S/c1-5-19(4)29-34(54)44-25(14-20-8-6-11-40-20)33(53)45-26(35(55)56)17-57-13-10-24(32(52)46-29)43-30(50)21(18(2)3)15-27(47)23(9-7-12-41-36(38)39)42-31(51)22(37)16-28(48)49/h8,11,18-19,21-26,29H,5-7,9-10,12-17,37H2,1-4H3,(H,42,51)(H,43,50)(H,44,54)(H,45,53)(H,46,52)(H,48,49)(H,55,56)(H4,38,39,41). The van der Waals surface area contributed by atoms with E-state index in [0.717, 1.165) is 11.8 Å². The highest BCUT2D eigenvalue weighted by molar-refractivity contribution is 7.99. The summed E-state index contributed by atoms with van der Waals surface area (Å²) in [6, 6.07) is -7.53. The van der Waals surface area contributed by atoms with Gasteiger partial charge in [0.2, 0.25) is 29.5 Å². The molecule has 2 aliphatic rings. The fourth-order valence-electron chi connectivity index (χ4n) is 5.95. The van der Waals surface area contributed by atoms with Crippen LogP contribution in [-0.4, -0.2) is 124 Å². The molecule has 318 valence electrons. The Morgan fingerprint density at radius 3 is 2.28 bits per heavy atom. The van der Waals surface area contributed by atoms with Crippen molar-refractivity contribution in [1.29, 1.82) is 0 Å². The van der Waals surface area contributed by atoms with E-state index in [9.17, 15) is 43.5 Å². The Morgan fingerprint density at radius 2 is 1.70 bits per heavy atom. The van der Waals surface area contributed by atoms with Gasteiger partial charge in [0.25, 0.3) is 0 Å². The van der Waals surface area contributed by atoms with Crippen LogP contribution in [0.1, 0.15) is 79.1 Å². The molecule has 8 atom stereocenters. The van der Waals surface area contributed by atoms with Crippen molar-refractivity contribution >= 4 is 71.2 Å². The van der Waals surface area contributed by atoms with Gasteiger partial charge in [-0.05, 0) is 36.9 Å². The van der Waals surface area contributed by atoms with E-state index in [-0.39, 0.29) is 56.1 Å². The van der Waals surface area contributed by atoms with E-state index < -0.39 is 108 Å². The third kappa shape index (κ3) is 16.5. The van der Waals surface area contributed by atoms with Gasteiger partial charge in [-0.25, -0.2) is 4.79 Å². The first-order chi connectivity index (χ1) is 26.8. The maximum absolute atomic E-state index is 14.0. The highest BCUT2D eigenvalue weighted by Crippen LogP contribution is 2.21. The molecule has 21 heteroatoms. The quantitative estimate of drug-likeness (QED) is 0.0404. The maximum Gasteiger partial charge on any atom is 0.327 e. The Hall–Kier alpha value is -5.05. The smallest absolute Gasteiger partial charge is 0.327 e. The van der Waals surface area contributed by atoms with Gasteiger partial charge < -0.3 is 54.0 Å². The molecule has 0 bridgehead atoms. The number of aliphatic carboxylic acids is 2. The topological polar surface area (TPSA) is 340 Å². The molecule has 13 N–H and O–H groups in total. The third-order valence-corrected chi connectivity index (χ3v) is 10.7. The van der Waals surface area contributed by atoms with E-state index >= 15 is 0 Å². The number of rotatable bonds is 19. The van der Waals surface area contributed by atoms with Crippen LogP contribution in [0, 0.1) is 17.8 Å². The van der Waals surface area contributed by atoms with Gasteiger partial charge in [0, 0.05) is 49.4 Å². The van der Waals surface area contributed by atoms with Crippen LogP contribution in [0.4, 0.5) is 0 Å². The minimum absolute atomic E-state index is 0.00411. The number of amides is 5. The van der Waals surface area contributed by atoms with E-state index in [0.29, 0.717) is 18.5 Å². The van der Waals surface area contributed by atoms with E-state index in [1.165, 1.54) is 0 Å². The van der Waals surface area contributed by atoms with Crippen LogP contribution in [-0.2, 0) is 38.4 Å². The molecule has 2 rings (SSSR count). The molecule has 0 aromatic carbocycles. The third-order valence-electron chi connectivity index (χ3n) is 9.58. The Kier molecular flexibility index (Phi) is 20.2. The van der Waals surface area contributed by atoms with Gasteiger partial charge in [-0.1, -0.05) is 40.2 Å². The van der Waals surface area contributed by atoms with Crippen LogP contribution in [0.15, 0.2) is 21.8 Å². The number of thioether (sulfide) groups is 1. The van der Waals surface area contributed by atoms with Gasteiger partial charge in [0.15, 0.2) is 11.7 Å². The lowest BCUT2D eigenvalue weighted by Gasteiger charge is -2.30. The average molecular weight is 823 g/mol. The average Bonchev–Trinajstić information content (AvgIpc) is 3.65. The van der Waals surface area contributed by atoms with Gasteiger partial charge in [0.05, 0.1) is 18.5 Å². The molecule has 0 radical (unpaired) electrons. The fourth-order valence-corrected chi connectivity index (χ4v) is 6.98. The van der Waals surface area contributed by atoms with Gasteiger partial charge >= 0.3 is 11.9 Å². The van der Waals surface area contributed by atoms with Crippen LogP contribution >= 0.6 is 11.8 Å². The Morgan fingerprint density at radius 1 is 1.00 bits per heavy atom. The van der Waals surface area contributed by atoms with Gasteiger partial charge in [-0.15, -0.1) is 0 Å². The molecule has 0 aromatic rings. The number of carboxylic acids is 2. The Labute approximate surface area is 335 Å². The molecule has 5 amide bonds. The van der Waals surface area contributed by atoms with E-state index in [1.54, 1.807) is 33.1 Å². The summed E-state index contributed by atoms with van der Waals surface area (Å²) in [5, 5.41) is 32.1. The SMILES string of the molecule is CCC(C)C1NC(=O)C(NC(=O)C(CC(=O)C(CCCN=C(N)N)NC(=O)C(N)CC(=O)O)C(C)C)CCSCC(C(=O)O)NC(=O)C(CC2=CCC=N2)NC1=O. The molecule has 57 heavy (non-hydrogen) atoms. The Bertz CT molecular complexity index is 1570. The van der Waals surface area contributed by atoms with Crippen molar-refractivity contribution < 1.29 is 48.6 Å². The van der Waals surface area contributed by atoms with Crippen LogP contribution in [0.5, 0.6) is 0 Å². The van der Waals surface area contributed by atoms with E-state index in [4.69, 9.17) is 22.3 Å². The fraction of sp³-hybridized carbons (Fsp3) is 0.667. The summed E-state index contributed by atoms with van der Waals surface area (Å²) in [6.07, 6.45) is 3.60. The summed E-state index contributed by atoms with van der Waals surface area (Å²) in [5.41, 5.74) is 17.0. The molecule has 0 spiro atoms. The number of carbonyl (C=O) groups excluding carboxylic acids is 6. The number of aliphatic imine (C=N–C) groups is 2. The largest absolute Gasteiger partial charge is 0.481 e. The number of allylic oxidation sites excluding steroid dienone is 1. The summed E-state index contributed by atoms with van der Waals surface area (Å²) in [6.45, 7) is 7.06. The van der Waals surface area contributed by atoms with Crippen LogP contribution < -0.4 is 43.8 Å². The summed E-state index contributed by atoms with van der Waals surface area (Å²) < 4.78 is 0. The second kappa shape index (κ2) is 23.9. The highest BCUT2D eigenvalue weighted by Gasteiger charge is 2.36. The number of nitrogens with two attached hydrogens (primary N) is 3. The van der Waals surface area contributed by atoms with Gasteiger partial charge in [-0.2, -0.15) is 11.8 Å². The number of hydrogen-bond acceptors (Lipinski definition) is 12. The lowest BCUT2D eigenvalue weighted by Crippen LogP contribution is -2.60. The summed E-state index contributed by atoms with van der Waals surface area (Å²) in [4.78, 5) is 113. The second-order valence-electron chi connectivity index (χ2n) is 14.4. The summed E-state index contributed by atoms with van der Waals surface area (Å²) in [7, 11) is 0. The number of nitrogens with one attached hydrogen (secondary N) is 5. The number of hydrogen-bond donors (Lipinski definition) is 10. The predicted molar refractivity (Wildman–Crippen MR) is 213 cm³/mol. The normalized spacial score (nSPS) is 22.6. The molecule has 2 heterocycles. The lowest BCUT2D eigenvalue weighted by molar-refractivity contribution is -0.141. The highest BCUT2D eigenvalue weighted by atomic mass is 32.2. The van der Waals surface area contributed by atoms with E-state index in [2.05, 4.69) is 36.6 Å². The maximum atomic E-state index is 14.0. The zero-order chi connectivity index (χ0) is 42.8. The van der Waals surface area contributed by atoms with Crippen molar-refractivity contribution in [2.75, 3.05) is 18.1 Å². The van der Waals surface area contributed by atoms with Crippen molar-refractivity contribution in [1.82, 2.24) is 26.6 Å². The zero-order valence-electron chi connectivity index (χ0n) is 32.8. The molecule has 20 nitrogen and oxygen atoms in total. The summed E-state index contributed by atoms with van der Waals surface area (Å²) >= 11 is 1.13. The molecule has 0 aliphatic carbocycles. The van der Waals surface area contributed by atoms with Gasteiger partial charge in [-0.3, -0.25) is 43.5 Å². The molecule has 0 aromatic heterocycles. The van der Waals surface area contributed by atoms with Crippen LogP contribution in [0.25, 0.3) is 0 Å². The molecule has 1 saturated heterocycles. The minimum Gasteiger partial charge on any atom is -0.481 e.